The Labute approximate surface area is 249 Å². The first-order valence-corrected chi connectivity index (χ1v) is 14.5. The zero-order valence-electron chi connectivity index (χ0n) is 23.1. The van der Waals surface area contributed by atoms with Crippen molar-refractivity contribution >= 4 is 10.8 Å². The third kappa shape index (κ3) is 3.18. The molecule has 3 nitrogen and oxygen atoms in total. The van der Waals surface area contributed by atoms with E-state index in [1.54, 1.807) is 12.3 Å². The molecule has 0 radical (unpaired) electrons. The zero-order chi connectivity index (χ0) is 28.5. The van der Waals surface area contributed by atoms with Crippen LogP contribution in [0.4, 0.5) is 0 Å². The monoisotopic (exact) mass is 545 g/mol. The normalized spacial score (nSPS) is 13.3. The highest BCUT2D eigenvalue weighted by Crippen LogP contribution is 2.64. The van der Waals surface area contributed by atoms with Gasteiger partial charge in [-0.1, -0.05) is 103 Å². The van der Waals surface area contributed by atoms with Gasteiger partial charge in [0.2, 0.25) is 0 Å². The van der Waals surface area contributed by atoms with E-state index in [9.17, 15) is 5.26 Å². The smallest absolute Gasteiger partial charge is 0.141 e. The highest BCUT2D eigenvalue weighted by molar-refractivity contribution is 6.06. The second kappa shape index (κ2) is 8.82. The third-order valence-corrected chi connectivity index (χ3v) is 9.19. The molecule has 43 heavy (non-hydrogen) atoms. The van der Waals surface area contributed by atoms with Gasteiger partial charge < -0.3 is 0 Å². The van der Waals surface area contributed by atoms with Crippen LogP contribution in [0.1, 0.15) is 27.9 Å². The number of hydrogen-bond donors (Lipinski definition) is 0. The molecule has 5 aromatic carbocycles. The number of aromatic nitrogens is 2. The number of benzene rings is 5. The molecule has 2 aliphatic rings. The summed E-state index contributed by atoms with van der Waals surface area (Å²) in [6.07, 6.45) is 1.66. The maximum Gasteiger partial charge on any atom is 0.141 e. The molecule has 0 bridgehead atoms. The number of nitriles is 1. The largest absolute Gasteiger partial charge is 0.248 e. The van der Waals surface area contributed by atoms with E-state index in [1.807, 2.05) is 18.2 Å². The summed E-state index contributed by atoms with van der Waals surface area (Å²) in [5.41, 5.74) is 14.0. The molecule has 198 valence electrons. The van der Waals surface area contributed by atoms with Crippen molar-refractivity contribution in [1.29, 1.82) is 5.26 Å². The van der Waals surface area contributed by atoms with Crippen LogP contribution in [0.5, 0.6) is 0 Å². The second-order valence-corrected chi connectivity index (χ2v) is 11.3. The van der Waals surface area contributed by atoms with Crippen molar-refractivity contribution in [1.82, 2.24) is 9.97 Å². The molecule has 0 saturated carbocycles. The van der Waals surface area contributed by atoms with Crippen molar-refractivity contribution in [2.24, 2.45) is 0 Å². The zero-order valence-corrected chi connectivity index (χ0v) is 23.1. The van der Waals surface area contributed by atoms with E-state index in [0.717, 1.165) is 22.5 Å². The van der Waals surface area contributed by atoms with Crippen LogP contribution in [0.2, 0.25) is 0 Å². The van der Waals surface area contributed by atoms with Crippen LogP contribution < -0.4 is 0 Å². The lowest BCUT2D eigenvalue weighted by Gasteiger charge is -2.30. The topological polar surface area (TPSA) is 49.6 Å². The van der Waals surface area contributed by atoms with Gasteiger partial charge in [0.1, 0.15) is 11.8 Å². The summed E-state index contributed by atoms with van der Waals surface area (Å²) in [6.45, 7) is 0. The second-order valence-electron chi connectivity index (χ2n) is 11.3. The molecule has 2 aliphatic carbocycles. The quantitative estimate of drug-likeness (QED) is 0.218. The fourth-order valence-corrected chi connectivity index (χ4v) is 7.47. The molecule has 0 fully saturated rings. The number of hydrogen-bond acceptors (Lipinski definition) is 3. The summed E-state index contributed by atoms with van der Waals surface area (Å²) in [4.78, 5) is 9.21. The van der Waals surface area contributed by atoms with Crippen molar-refractivity contribution in [2.45, 2.75) is 5.41 Å². The average molecular weight is 546 g/mol. The van der Waals surface area contributed by atoms with E-state index in [-0.39, 0.29) is 0 Å². The molecule has 0 saturated heterocycles. The minimum absolute atomic E-state index is 0.382. The summed E-state index contributed by atoms with van der Waals surface area (Å²) in [7, 11) is 0. The van der Waals surface area contributed by atoms with Crippen LogP contribution in [-0.2, 0) is 5.41 Å². The lowest BCUT2D eigenvalue weighted by Crippen LogP contribution is -2.25. The first-order chi connectivity index (χ1) is 21.3. The van der Waals surface area contributed by atoms with Gasteiger partial charge in [0.15, 0.2) is 0 Å². The van der Waals surface area contributed by atoms with Crippen LogP contribution in [0.25, 0.3) is 55.5 Å². The van der Waals surface area contributed by atoms with Crippen LogP contribution in [-0.4, -0.2) is 9.97 Å². The molecule has 0 atom stereocenters. The van der Waals surface area contributed by atoms with Crippen molar-refractivity contribution in [2.75, 3.05) is 0 Å². The Kier molecular flexibility index (Phi) is 4.89. The van der Waals surface area contributed by atoms with Gasteiger partial charge in [-0.2, -0.15) is 5.26 Å². The Morgan fingerprint density at radius 3 is 2.00 bits per heavy atom. The molecule has 2 aromatic heterocycles. The Morgan fingerprint density at radius 2 is 1.23 bits per heavy atom. The van der Waals surface area contributed by atoms with E-state index < -0.39 is 5.41 Å². The van der Waals surface area contributed by atoms with Gasteiger partial charge in [0.25, 0.3) is 0 Å². The summed E-state index contributed by atoms with van der Waals surface area (Å²) in [6, 6.07) is 49.9. The van der Waals surface area contributed by atoms with Gasteiger partial charge in [-0.3, -0.25) is 0 Å². The molecule has 0 N–H and O–H groups in total. The molecule has 1 spiro atoms. The van der Waals surface area contributed by atoms with Crippen molar-refractivity contribution in [3.8, 4) is 50.8 Å². The van der Waals surface area contributed by atoms with Gasteiger partial charge in [-0.25, -0.2) is 9.97 Å². The molecule has 0 aliphatic heterocycles. The summed E-state index contributed by atoms with van der Waals surface area (Å²) >= 11 is 0. The Hall–Kier alpha value is -5.85. The predicted molar refractivity (Wildman–Crippen MR) is 171 cm³/mol. The van der Waals surface area contributed by atoms with Crippen LogP contribution in [0.3, 0.4) is 0 Å². The van der Waals surface area contributed by atoms with Gasteiger partial charge in [0, 0.05) is 17.3 Å². The molecule has 2 heterocycles. The molecule has 0 unspecified atom stereocenters. The van der Waals surface area contributed by atoms with Crippen LogP contribution >= 0.6 is 0 Å². The number of pyridine rings is 2. The third-order valence-electron chi connectivity index (χ3n) is 9.19. The van der Waals surface area contributed by atoms with Gasteiger partial charge in [-0.05, 0) is 85.6 Å². The number of fused-ring (bicyclic) bond motifs is 12. The standard InChI is InChI=1S/C40H23N3/c41-24-28-22-27(20-21-42-28)38-15-7-14-37(43-38)26-16-18-32-36(23-26)40(35-19-17-25-8-1-2-9-29(25)39(32)35)33-12-5-3-10-30(33)31-11-4-6-13-34(31)40/h1-23H. The Balaban J connectivity index is 1.34. The lowest BCUT2D eigenvalue weighted by atomic mass is 9.70. The van der Waals surface area contributed by atoms with Gasteiger partial charge >= 0.3 is 0 Å². The fraction of sp³-hybridized carbons (Fsp3) is 0.0250. The highest BCUT2D eigenvalue weighted by Gasteiger charge is 2.52. The van der Waals surface area contributed by atoms with Crippen molar-refractivity contribution in [3.05, 3.63) is 168 Å². The molecular weight excluding hydrogens is 522 g/mol. The van der Waals surface area contributed by atoms with E-state index in [1.165, 1.54) is 55.3 Å². The van der Waals surface area contributed by atoms with E-state index in [0.29, 0.717) is 5.69 Å². The minimum atomic E-state index is -0.428. The van der Waals surface area contributed by atoms with E-state index in [4.69, 9.17) is 4.98 Å². The van der Waals surface area contributed by atoms with Crippen molar-refractivity contribution in [3.63, 3.8) is 0 Å². The first kappa shape index (κ1) is 23.8. The molecular formula is C40H23N3. The van der Waals surface area contributed by atoms with E-state index >= 15 is 0 Å². The first-order valence-electron chi connectivity index (χ1n) is 14.5. The predicted octanol–water partition coefficient (Wildman–Crippen LogP) is 9.18. The van der Waals surface area contributed by atoms with Crippen LogP contribution in [0.15, 0.2) is 140 Å². The molecule has 9 rings (SSSR count). The van der Waals surface area contributed by atoms with Gasteiger partial charge in [0.05, 0.1) is 16.8 Å². The fourth-order valence-electron chi connectivity index (χ4n) is 7.47. The maximum absolute atomic E-state index is 9.38. The van der Waals surface area contributed by atoms with E-state index in [2.05, 4.69) is 120 Å². The highest BCUT2D eigenvalue weighted by atomic mass is 14.7. The summed E-state index contributed by atoms with van der Waals surface area (Å²) in [5.74, 6) is 0. The molecule has 3 heteroatoms. The Morgan fingerprint density at radius 1 is 0.535 bits per heavy atom. The van der Waals surface area contributed by atoms with Crippen molar-refractivity contribution < 1.29 is 0 Å². The molecule has 7 aromatic rings. The number of nitrogens with zero attached hydrogens (tertiary/aromatic N) is 3. The van der Waals surface area contributed by atoms with Gasteiger partial charge in [-0.15, -0.1) is 0 Å². The Bertz CT molecular complexity index is 2280. The minimum Gasteiger partial charge on any atom is -0.248 e. The molecule has 0 amide bonds. The summed E-state index contributed by atoms with van der Waals surface area (Å²) in [5, 5.41) is 11.9. The average Bonchev–Trinajstić information content (AvgIpc) is 3.55. The number of rotatable bonds is 2. The SMILES string of the molecule is N#Cc1cc(-c2cccc(-c3ccc4c(c3)C3(c5ccccc5-c5ccccc53)c3ccc5ccccc5c3-4)n2)ccn1. The summed E-state index contributed by atoms with van der Waals surface area (Å²) < 4.78 is 0. The maximum atomic E-state index is 9.38. The lowest BCUT2D eigenvalue weighted by molar-refractivity contribution is 0.794. The van der Waals surface area contributed by atoms with Crippen LogP contribution in [0, 0.1) is 11.3 Å².